The van der Waals surface area contributed by atoms with Crippen LogP contribution < -0.4 is 0 Å². The molecule has 7 heteroatoms. The van der Waals surface area contributed by atoms with Crippen LogP contribution in [0.25, 0.3) is 0 Å². The number of allylic oxidation sites excluding steroid dienone is 2. The third-order valence-corrected chi connectivity index (χ3v) is 2.36. The molecule has 0 bridgehead atoms. The highest BCUT2D eigenvalue weighted by Crippen LogP contribution is 2.15. The Morgan fingerprint density at radius 2 is 2.09 bits per heavy atom. The fraction of sp³-hybridized carbons (Fsp3) is 0.600. The van der Waals surface area contributed by atoms with Crippen LogP contribution in [0.2, 0.25) is 0 Å². The normalized spacial score (nSPS) is 13.6. The van der Waals surface area contributed by atoms with Crippen molar-refractivity contribution in [2.75, 3.05) is 13.7 Å². The van der Waals surface area contributed by atoms with Gasteiger partial charge in [-0.05, 0) is 46.3 Å². The Balaban J connectivity index is 4.99. The Labute approximate surface area is 131 Å². The van der Waals surface area contributed by atoms with Gasteiger partial charge in [-0.2, -0.15) is 10.3 Å². The number of carbonyl (C=O) groups is 1. The zero-order valence-electron chi connectivity index (χ0n) is 13.7. The number of aliphatic hydroxyl groups is 1. The molecule has 0 spiro atoms. The van der Waals surface area contributed by atoms with E-state index in [9.17, 15) is 4.79 Å². The van der Waals surface area contributed by atoms with Crippen molar-refractivity contribution in [2.24, 2.45) is 0 Å². The third-order valence-electron chi connectivity index (χ3n) is 2.36. The quantitative estimate of drug-likeness (QED) is 0.441. The third kappa shape index (κ3) is 7.67. The predicted octanol–water partition coefficient (Wildman–Crippen LogP) is 2.49. The molecule has 1 atom stereocenters. The zero-order chi connectivity index (χ0) is 17.2. The summed E-state index contributed by atoms with van der Waals surface area (Å²) < 4.78 is 10.3. The maximum absolute atomic E-state index is 12.1. The Morgan fingerprint density at radius 3 is 2.50 bits per heavy atom. The summed E-state index contributed by atoms with van der Waals surface area (Å²) in [4.78, 5) is 17.1. The van der Waals surface area contributed by atoms with Crippen molar-refractivity contribution in [2.45, 2.75) is 45.8 Å². The first kappa shape index (κ1) is 20.0. The van der Waals surface area contributed by atoms with E-state index in [1.54, 1.807) is 27.7 Å². The van der Waals surface area contributed by atoms with Gasteiger partial charge < -0.3 is 14.6 Å². The first-order valence-corrected chi connectivity index (χ1v) is 6.86. The lowest BCUT2D eigenvalue weighted by Gasteiger charge is -2.29. The van der Waals surface area contributed by atoms with Crippen molar-refractivity contribution in [3.8, 4) is 6.07 Å². The molecule has 0 aromatic carbocycles. The molecule has 0 aliphatic rings. The van der Waals surface area contributed by atoms with Gasteiger partial charge in [-0.15, -0.1) is 0 Å². The van der Waals surface area contributed by atoms with Crippen LogP contribution in [-0.2, 0) is 14.3 Å². The minimum atomic E-state index is -0.676. The topological polar surface area (TPSA) is 92.0 Å². The molecule has 0 unspecified atom stereocenters. The van der Waals surface area contributed by atoms with Crippen molar-refractivity contribution >= 4 is 6.09 Å². The van der Waals surface area contributed by atoms with Crippen LogP contribution in [0.15, 0.2) is 24.2 Å². The highest BCUT2D eigenvalue weighted by atomic mass is 16.7. The van der Waals surface area contributed by atoms with E-state index < -0.39 is 17.7 Å². The van der Waals surface area contributed by atoms with E-state index in [0.29, 0.717) is 0 Å². The van der Waals surface area contributed by atoms with Crippen molar-refractivity contribution in [1.29, 1.82) is 5.26 Å². The van der Waals surface area contributed by atoms with E-state index in [1.165, 1.54) is 25.5 Å². The van der Waals surface area contributed by atoms with Crippen LogP contribution in [-0.4, -0.2) is 41.6 Å². The van der Waals surface area contributed by atoms with Crippen molar-refractivity contribution < 1.29 is 24.2 Å². The minimum Gasteiger partial charge on any atom is -0.454 e. The first-order valence-electron chi connectivity index (χ1n) is 6.86. The maximum Gasteiger partial charge on any atom is 0.435 e. The van der Waals surface area contributed by atoms with Gasteiger partial charge in [-0.1, -0.05) is 0 Å². The second kappa shape index (κ2) is 9.82. The lowest BCUT2D eigenvalue weighted by atomic mass is 10.2. The maximum atomic E-state index is 12.1. The molecule has 0 saturated carbocycles. The van der Waals surface area contributed by atoms with Gasteiger partial charge in [0.1, 0.15) is 11.7 Å². The lowest BCUT2D eigenvalue weighted by molar-refractivity contribution is -0.141. The predicted molar refractivity (Wildman–Crippen MR) is 80.2 cm³/mol. The van der Waals surface area contributed by atoms with Crippen LogP contribution in [0.1, 0.15) is 34.1 Å². The monoisotopic (exact) mass is 312 g/mol. The van der Waals surface area contributed by atoms with E-state index >= 15 is 0 Å². The molecular formula is C15H24N2O5. The smallest absolute Gasteiger partial charge is 0.435 e. The number of amides is 1. The summed E-state index contributed by atoms with van der Waals surface area (Å²) in [6, 6.07) is 1.26. The van der Waals surface area contributed by atoms with Crippen LogP contribution in [0.3, 0.4) is 0 Å². The number of aliphatic hydroxyl groups excluding tert-OH is 1. The highest BCUT2D eigenvalue weighted by Gasteiger charge is 2.27. The van der Waals surface area contributed by atoms with Gasteiger partial charge >= 0.3 is 6.09 Å². The first-order chi connectivity index (χ1) is 10.3. The number of hydrogen-bond donors (Lipinski definition) is 1. The van der Waals surface area contributed by atoms with Crippen LogP contribution in [0, 0.1) is 11.3 Å². The van der Waals surface area contributed by atoms with E-state index in [1.807, 2.05) is 6.07 Å². The molecule has 124 valence electrons. The molecule has 0 heterocycles. The van der Waals surface area contributed by atoms with Crippen LogP contribution >= 0.6 is 0 Å². The van der Waals surface area contributed by atoms with E-state index in [4.69, 9.17) is 24.7 Å². The molecular weight excluding hydrogens is 288 g/mol. The van der Waals surface area contributed by atoms with Crippen molar-refractivity contribution in [3.05, 3.63) is 24.2 Å². The van der Waals surface area contributed by atoms with E-state index in [-0.39, 0.29) is 18.8 Å². The van der Waals surface area contributed by atoms with E-state index in [2.05, 4.69) is 0 Å². The van der Waals surface area contributed by atoms with Gasteiger partial charge in [0.15, 0.2) is 5.76 Å². The standard InChI is InChI=1S/C15H24N2O5/c1-6-13(11-16)21-10-8-12(7-9-18)17(20-5)14(19)22-15(2,3)4/h6,8,10,12,18H,7,9H2,1-5H3/b10-8+,13-6-/t12-/m0/s1. The SMILES string of the molecule is C/C=C(/C#N)O/C=C/[C@H](CCO)N(OC)C(=O)OC(C)(C)C. The molecule has 0 aliphatic heterocycles. The van der Waals surface area contributed by atoms with E-state index in [0.717, 1.165) is 5.06 Å². The van der Waals surface area contributed by atoms with Crippen molar-refractivity contribution in [1.82, 2.24) is 5.06 Å². The largest absolute Gasteiger partial charge is 0.454 e. The van der Waals surface area contributed by atoms with Crippen molar-refractivity contribution in [3.63, 3.8) is 0 Å². The summed E-state index contributed by atoms with van der Waals surface area (Å²) >= 11 is 0. The second-order valence-corrected chi connectivity index (χ2v) is 5.28. The molecule has 0 rings (SSSR count). The number of nitriles is 1. The van der Waals surface area contributed by atoms with Crippen LogP contribution in [0.5, 0.6) is 0 Å². The highest BCUT2D eigenvalue weighted by molar-refractivity contribution is 5.67. The van der Waals surface area contributed by atoms with Gasteiger partial charge in [0.05, 0.1) is 19.4 Å². The summed E-state index contributed by atoms with van der Waals surface area (Å²) in [5.74, 6) is 0.125. The molecule has 0 saturated heterocycles. The Bertz CT molecular complexity index is 446. The fourth-order valence-electron chi connectivity index (χ4n) is 1.44. The van der Waals surface area contributed by atoms with Gasteiger partial charge in [0.2, 0.25) is 0 Å². The fourth-order valence-corrected chi connectivity index (χ4v) is 1.44. The number of ether oxygens (including phenoxy) is 2. The molecule has 0 aromatic rings. The molecule has 0 aliphatic carbocycles. The van der Waals surface area contributed by atoms with Gasteiger partial charge in [0, 0.05) is 6.61 Å². The number of rotatable bonds is 7. The summed E-state index contributed by atoms with van der Waals surface area (Å²) in [6.07, 6.45) is 3.84. The molecule has 1 amide bonds. The number of hydroxylamine groups is 2. The molecule has 22 heavy (non-hydrogen) atoms. The zero-order valence-corrected chi connectivity index (χ0v) is 13.7. The second-order valence-electron chi connectivity index (χ2n) is 5.28. The Hall–Kier alpha value is -2.04. The number of carbonyl (C=O) groups excluding carboxylic acids is 1. The van der Waals surface area contributed by atoms with Gasteiger partial charge in [-0.25, -0.2) is 4.79 Å². The summed E-state index contributed by atoms with van der Waals surface area (Å²) in [7, 11) is 1.33. The number of nitrogens with zero attached hydrogens (tertiary/aromatic N) is 2. The van der Waals surface area contributed by atoms with Gasteiger partial charge in [-0.3, -0.25) is 4.84 Å². The summed E-state index contributed by atoms with van der Waals surface area (Å²) in [5.41, 5.74) is -0.670. The molecule has 1 N–H and O–H groups in total. The number of hydrogen-bond acceptors (Lipinski definition) is 6. The Morgan fingerprint density at radius 1 is 1.45 bits per heavy atom. The Kier molecular flexibility index (Phi) is 8.91. The lowest BCUT2D eigenvalue weighted by Crippen LogP contribution is -2.42. The molecule has 0 aromatic heterocycles. The average molecular weight is 312 g/mol. The average Bonchev–Trinajstić information content (AvgIpc) is 2.42. The molecule has 0 radical (unpaired) electrons. The minimum absolute atomic E-state index is 0.125. The summed E-state index contributed by atoms with van der Waals surface area (Å²) in [6.45, 7) is 6.73. The summed E-state index contributed by atoms with van der Waals surface area (Å²) in [5, 5.41) is 18.9. The van der Waals surface area contributed by atoms with Crippen LogP contribution in [0.4, 0.5) is 4.79 Å². The molecule has 7 nitrogen and oxygen atoms in total. The molecule has 0 fully saturated rings. The van der Waals surface area contributed by atoms with Gasteiger partial charge in [0.25, 0.3) is 0 Å².